The average Bonchev–Trinajstić information content (AvgIpc) is 2.34. The van der Waals surface area contributed by atoms with Crippen molar-refractivity contribution in [3.8, 4) is 0 Å². The lowest BCUT2D eigenvalue weighted by Gasteiger charge is -2.47. The van der Waals surface area contributed by atoms with Crippen LogP contribution >= 0.6 is 0 Å². The largest absolute Gasteiger partial charge is 0.389 e. The fourth-order valence-corrected chi connectivity index (χ4v) is 3.65. The summed E-state index contributed by atoms with van der Waals surface area (Å²) < 4.78 is 11.0. The van der Waals surface area contributed by atoms with E-state index in [4.69, 9.17) is 0 Å². The first-order chi connectivity index (χ1) is 8.51. The molecule has 0 aromatic carbocycles. The molecule has 0 bridgehead atoms. The van der Waals surface area contributed by atoms with E-state index in [2.05, 4.69) is 0 Å². The van der Waals surface area contributed by atoms with Crippen molar-refractivity contribution in [3.63, 3.8) is 0 Å². The third kappa shape index (κ3) is 3.12. The van der Waals surface area contributed by atoms with E-state index in [9.17, 15) is 14.1 Å². The predicted molar refractivity (Wildman–Crippen MR) is 71.7 cm³/mol. The molecule has 1 heterocycles. The molecule has 5 heteroatoms. The Kier molecular flexibility index (Phi) is 4.43. The van der Waals surface area contributed by atoms with Gasteiger partial charge in [0.2, 0.25) is 5.91 Å². The molecule has 1 saturated heterocycles. The van der Waals surface area contributed by atoms with Crippen molar-refractivity contribution in [3.05, 3.63) is 0 Å². The van der Waals surface area contributed by atoms with E-state index in [1.165, 1.54) is 0 Å². The zero-order valence-corrected chi connectivity index (χ0v) is 11.9. The first-order valence-electron chi connectivity index (χ1n) is 6.81. The van der Waals surface area contributed by atoms with Crippen molar-refractivity contribution in [2.24, 2.45) is 5.92 Å². The Morgan fingerprint density at radius 2 is 2.22 bits per heavy atom. The molecule has 1 aliphatic carbocycles. The highest BCUT2D eigenvalue weighted by Crippen LogP contribution is 2.39. The maximum absolute atomic E-state index is 12.0. The Balaban J connectivity index is 1.90. The Labute approximate surface area is 111 Å². The summed E-state index contributed by atoms with van der Waals surface area (Å²) in [7, 11) is -0.904. The quantitative estimate of drug-likeness (QED) is 0.831. The van der Waals surface area contributed by atoms with Gasteiger partial charge in [0.05, 0.1) is 5.60 Å². The maximum Gasteiger partial charge on any atom is 0.223 e. The van der Waals surface area contributed by atoms with Gasteiger partial charge >= 0.3 is 0 Å². The lowest BCUT2D eigenvalue weighted by molar-refractivity contribution is -0.142. The fraction of sp³-hybridized carbons (Fsp3) is 0.923. The Morgan fingerprint density at radius 3 is 2.94 bits per heavy atom. The Morgan fingerprint density at radius 1 is 1.44 bits per heavy atom. The van der Waals surface area contributed by atoms with Crippen LogP contribution in [0.25, 0.3) is 0 Å². The minimum absolute atomic E-state index is 0.0952. The molecule has 0 aromatic rings. The van der Waals surface area contributed by atoms with E-state index in [0.29, 0.717) is 31.7 Å². The molecule has 2 aliphatic rings. The molecule has 1 aliphatic heterocycles. The van der Waals surface area contributed by atoms with Gasteiger partial charge in [0.15, 0.2) is 0 Å². The van der Waals surface area contributed by atoms with Crippen LogP contribution in [0.3, 0.4) is 0 Å². The van der Waals surface area contributed by atoms with Gasteiger partial charge in [-0.2, -0.15) is 0 Å². The van der Waals surface area contributed by atoms with Crippen molar-refractivity contribution in [2.45, 2.75) is 44.1 Å². The van der Waals surface area contributed by atoms with Crippen LogP contribution in [0.5, 0.6) is 0 Å². The van der Waals surface area contributed by atoms with E-state index in [1.807, 2.05) is 4.90 Å². The van der Waals surface area contributed by atoms with E-state index in [-0.39, 0.29) is 11.8 Å². The molecule has 1 amide bonds. The molecule has 3 atom stereocenters. The summed E-state index contributed by atoms with van der Waals surface area (Å²) >= 11 is 0. The second kappa shape index (κ2) is 5.70. The van der Waals surface area contributed by atoms with Gasteiger partial charge in [-0.1, -0.05) is 12.8 Å². The van der Waals surface area contributed by atoms with Gasteiger partial charge in [-0.3, -0.25) is 9.00 Å². The molecule has 3 unspecified atom stereocenters. The van der Waals surface area contributed by atoms with Crippen molar-refractivity contribution in [1.82, 2.24) is 4.90 Å². The highest BCUT2D eigenvalue weighted by atomic mass is 32.2. The number of carbonyl (C=O) groups is 1. The number of carbonyl (C=O) groups excluding carboxylic acids is 1. The molecule has 2 fully saturated rings. The van der Waals surface area contributed by atoms with E-state index in [1.54, 1.807) is 6.26 Å². The number of piperidine rings is 1. The third-order valence-electron chi connectivity index (χ3n) is 4.38. The molecule has 1 N–H and O–H groups in total. The number of fused-ring (bicyclic) bond motifs is 1. The van der Waals surface area contributed by atoms with Crippen molar-refractivity contribution in [1.29, 1.82) is 0 Å². The van der Waals surface area contributed by atoms with Gasteiger partial charge in [-0.15, -0.1) is 0 Å². The lowest BCUT2D eigenvalue weighted by Crippen LogP contribution is -2.54. The predicted octanol–water partition coefficient (Wildman–Crippen LogP) is 0.909. The Bertz CT molecular complexity index is 347. The standard InChI is InChI=1S/C13H23NO3S/c1-18(17)9-5-12(15)14-8-7-13(16)6-3-2-4-11(13)10-14/h11,16H,2-10H2,1H3. The van der Waals surface area contributed by atoms with Gasteiger partial charge in [0.25, 0.3) is 0 Å². The SMILES string of the molecule is CS(=O)CCC(=O)N1CCC2(O)CCCCC2C1. The van der Waals surface area contributed by atoms with Crippen LogP contribution in [0.15, 0.2) is 0 Å². The Hall–Kier alpha value is -0.420. The van der Waals surface area contributed by atoms with Crippen LogP contribution in [-0.2, 0) is 15.6 Å². The lowest BCUT2D eigenvalue weighted by atomic mass is 9.71. The number of rotatable bonds is 3. The fourth-order valence-electron chi connectivity index (χ4n) is 3.19. The van der Waals surface area contributed by atoms with Crippen molar-refractivity contribution < 1.29 is 14.1 Å². The molecular weight excluding hydrogens is 250 g/mol. The molecule has 1 saturated carbocycles. The molecular formula is C13H23NO3S. The highest BCUT2D eigenvalue weighted by molar-refractivity contribution is 7.84. The summed E-state index contributed by atoms with van der Waals surface area (Å²) in [6.07, 6.45) is 6.89. The van der Waals surface area contributed by atoms with Crippen LogP contribution in [0.4, 0.5) is 0 Å². The summed E-state index contributed by atoms with van der Waals surface area (Å²) in [6, 6.07) is 0. The average molecular weight is 273 g/mol. The molecule has 0 spiro atoms. The van der Waals surface area contributed by atoms with Crippen LogP contribution < -0.4 is 0 Å². The molecule has 4 nitrogen and oxygen atoms in total. The van der Waals surface area contributed by atoms with E-state index >= 15 is 0 Å². The smallest absolute Gasteiger partial charge is 0.223 e. The zero-order valence-electron chi connectivity index (χ0n) is 11.1. The van der Waals surface area contributed by atoms with Gasteiger partial charge in [0.1, 0.15) is 0 Å². The zero-order chi connectivity index (χ0) is 13.2. The second-order valence-electron chi connectivity index (χ2n) is 5.66. The highest BCUT2D eigenvalue weighted by Gasteiger charge is 2.43. The summed E-state index contributed by atoms with van der Waals surface area (Å²) in [5, 5.41) is 10.5. The number of hydrogen-bond acceptors (Lipinski definition) is 3. The summed E-state index contributed by atoms with van der Waals surface area (Å²) in [4.78, 5) is 13.8. The first-order valence-corrected chi connectivity index (χ1v) is 8.54. The van der Waals surface area contributed by atoms with E-state index < -0.39 is 16.4 Å². The van der Waals surface area contributed by atoms with Crippen LogP contribution in [0, 0.1) is 5.92 Å². The third-order valence-corrected chi connectivity index (χ3v) is 5.16. The normalized spacial score (nSPS) is 33.9. The van der Waals surface area contributed by atoms with Crippen LogP contribution in [-0.4, -0.2) is 50.8 Å². The summed E-state index contributed by atoms with van der Waals surface area (Å²) in [6.45, 7) is 1.34. The first kappa shape index (κ1) is 14.0. The van der Waals surface area contributed by atoms with Gasteiger partial charge in [0, 0.05) is 48.2 Å². The molecule has 18 heavy (non-hydrogen) atoms. The monoisotopic (exact) mass is 273 g/mol. The second-order valence-corrected chi connectivity index (χ2v) is 7.22. The van der Waals surface area contributed by atoms with E-state index in [0.717, 1.165) is 25.7 Å². The molecule has 104 valence electrons. The molecule has 0 aromatic heterocycles. The summed E-state index contributed by atoms with van der Waals surface area (Å²) in [5.41, 5.74) is -0.525. The van der Waals surface area contributed by atoms with Crippen molar-refractivity contribution >= 4 is 16.7 Å². The maximum atomic E-state index is 12.0. The van der Waals surface area contributed by atoms with Gasteiger partial charge < -0.3 is 10.0 Å². The number of amides is 1. The minimum Gasteiger partial charge on any atom is -0.389 e. The van der Waals surface area contributed by atoms with Crippen LogP contribution in [0.2, 0.25) is 0 Å². The minimum atomic E-state index is -0.904. The molecule has 2 rings (SSSR count). The van der Waals surface area contributed by atoms with Gasteiger partial charge in [-0.05, 0) is 19.3 Å². The number of aliphatic hydroxyl groups is 1. The number of nitrogens with zero attached hydrogens (tertiary/aromatic N) is 1. The van der Waals surface area contributed by atoms with Gasteiger partial charge in [-0.25, -0.2) is 0 Å². The topological polar surface area (TPSA) is 57.6 Å². The van der Waals surface area contributed by atoms with Crippen molar-refractivity contribution in [2.75, 3.05) is 25.1 Å². The van der Waals surface area contributed by atoms with Crippen LogP contribution in [0.1, 0.15) is 38.5 Å². The number of likely N-dealkylation sites (tertiary alicyclic amines) is 1. The molecule has 0 radical (unpaired) electrons. The summed E-state index contributed by atoms with van der Waals surface area (Å²) in [5.74, 6) is 0.790. The number of hydrogen-bond donors (Lipinski definition) is 1.